The number of hydrogen-bond donors (Lipinski definition) is 0. The van der Waals surface area contributed by atoms with Crippen molar-refractivity contribution in [3.8, 4) is 26.0 Å². The Morgan fingerprint density at radius 3 is 2.59 bits per heavy atom. The van der Waals surface area contributed by atoms with Gasteiger partial charge in [0, 0.05) is 15.3 Å². The lowest BCUT2D eigenvalue weighted by atomic mass is 10.2. The van der Waals surface area contributed by atoms with E-state index in [1.807, 2.05) is 18.3 Å². The Hall–Kier alpha value is -2.31. The molecule has 0 aliphatic carbocycles. The van der Waals surface area contributed by atoms with Crippen LogP contribution in [0.4, 0.5) is 4.39 Å². The number of rotatable bonds is 3. The number of thiophene rings is 2. The molecule has 0 bridgehead atoms. The molecule has 0 N–H and O–H groups in total. The van der Waals surface area contributed by atoms with Crippen LogP contribution in [-0.2, 0) is 0 Å². The first-order valence-corrected chi connectivity index (χ1v) is 8.31. The Bertz CT molecular complexity index is 892. The molecule has 4 aromatic rings. The topological polar surface area (TPSA) is 30.7 Å². The van der Waals surface area contributed by atoms with E-state index in [1.165, 1.54) is 21.9 Å². The Morgan fingerprint density at radius 2 is 1.82 bits per heavy atom. The molecule has 0 aliphatic heterocycles. The van der Waals surface area contributed by atoms with E-state index in [-0.39, 0.29) is 5.82 Å². The lowest BCUT2D eigenvalue weighted by Gasteiger charge is -1.95. The third kappa shape index (κ3) is 2.47. The largest absolute Gasteiger partial charge is 0.210 e. The third-order valence-corrected chi connectivity index (χ3v) is 5.36. The first kappa shape index (κ1) is 13.4. The van der Waals surface area contributed by atoms with Crippen molar-refractivity contribution in [2.24, 2.45) is 0 Å². The van der Waals surface area contributed by atoms with Crippen LogP contribution in [0.1, 0.15) is 0 Å². The highest BCUT2D eigenvalue weighted by atomic mass is 32.1. The van der Waals surface area contributed by atoms with Crippen molar-refractivity contribution in [1.29, 1.82) is 0 Å². The fourth-order valence-electron chi connectivity index (χ4n) is 2.13. The van der Waals surface area contributed by atoms with Crippen LogP contribution in [0.15, 0.2) is 60.1 Å². The van der Waals surface area contributed by atoms with E-state index in [2.05, 4.69) is 27.8 Å². The number of nitrogens with zero attached hydrogens (tertiary/aromatic N) is 3. The van der Waals surface area contributed by atoms with Gasteiger partial charge < -0.3 is 0 Å². The molecule has 0 radical (unpaired) electrons. The van der Waals surface area contributed by atoms with Crippen LogP contribution < -0.4 is 0 Å². The average molecular weight is 327 g/mol. The summed E-state index contributed by atoms with van der Waals surface area (Å²) in [5, 5.41) is 11.4. The van der Waals surface area contributed by atoms with Gasteiger partial charge in [-0.2, -0.15) is 0 Å². The summed E-state index contributed by atoms with van der Waals surface area (Å²) in [6.45, 7) is 0. The second kappa shape index (κ2) is 5.47. The molecule has 3 aromatic heterocycles. The summed E-state index contributed by atoms with van der Waals surface area (Å²) in [6, 6.07) is 14.5. The zero-order valence-corrected chi connectivity index (χ0v) is 12.9. The molecule has 0 unspecified atom stereocenters. The maximum atomic E-state index is 13.0. The van der Waals surface area contributed by atoms with E-state index in [0.29, 0.717) is 0 Å². The zero-order chi connectivity index (χ0) is 14.9. The molecule has 0 spiro atoms. The van der Waals surface area contributed by atoms with Crippen molar-refractivity contribution < 1.29 is 4.39 Å². The van der Waals surface area contributed by atoms with E-state index in [0.717, 1.165) is 16.3 Å². The van der Waals surface area contributed by atoms with Gasteiger partial charge in [-0.3, -0.25) is 0 Å². The van der Waals surface area contributed by atoms with Crippen LogP contribution in [0.5, 0.6) is 0 Å². The molecule has 1 aromatic carbocycles. The highest BCUT2D eigenvalue weighted by Gasteiger charge is 2.09. The van der Waals surface area contributed by atoms with Crippen LogP contribution in [0.3, 0.4) is 0 Å². The van der Waals surface area contributed by atoms with Gasteiger partial charge in [0.2, 0.25) is 0 Å². The molecule has 0 amide bonds. The van der Waals surface area contributed by atoms with Crippen molar-refractivity contribution in [3.63, 3.8) is 0 Å². The quantitative estimate of drug-likeness (QED) is 0.538. The van der Waals surface area contributed by atoms with E-state index in [4.69, 9.17) is 0 Å². The number of halogens is 1. The molecule has 3 heterocycles. The molecule has 0 fully saturated rings. The summed E-state index contributed by atoms with van der Waals surface area (Å²) < 4.78 is 14.7. The summed E-state index contributed by atoms with van der Waals surface area (Å²) >= 11 is 3.38. The SMILES string of the molecule is Fc1ccc(-c2cn(-c3ccc(-c4cccs4)s3)nn2)cc1. The first-order chi connectivity index (χ1) is 10.8. The third-order valence-electron chi connectivity index (χ3n) is 3.22. The highest BCUT2D eigenvalue weighted by Crippen LogP contribution is 2.33. The van der Waals surface area contributed by atoms with Crippen LogP contribution in [0, 0.1) is 5.82 Å². The lowest BCUT2D eigenvalue weighted by molar-refractivity contribution is 0.628. The van der Waals surface area contributed by atoms with E-state index >= 15 is 0 Å². The summed E-state index contributed by atoms with van der Waals surface area (Å²) in [4.78, 5) is 2.46. The lowest BCUT2D eigenvalue weighted by Crippen LogP contribution is -1.89. The molecule has 0 aliphatic rings. The average Bonchev–Trinajstić information content (AvgIpc) is 3.27. The fourth-order valence-corrected chi connectivity index (χ4v) is 3.89. The number of aromatic nitrogens is 3. The molecule has 108 valence electrons. The minimum absolute atomic E-state index is 0.255. The molecule has 3 nitrogen and oxygen atoms in total. The molecular formula is C16H10FN3S2. The molecule has 6 heteroatoms. The Balaban J connectivity index is 1.65. The van der Waals surface area contributed by atoms with Crippen molar-refractivity contribution in [2.45, 2.75) is 0 Å². The van der Waals surface area contributed by atoms with Crippen LogP contribution in [-0.4, -0.2) is 15.0 Å². The first-order valence-electron chi connectivity index (χ1n) is 6.62. The Kier molecular flexibility index (Phi) is 3.32. The fraction of sp³-hybridized carbons (Fsp3) is 0. The highest BCUT2D eigenvalue weighted by molar-refractivity contribution is 7.22. The molecule has 22 heavy (non-hydrogen) atoms. The monoisotopic (exact) mass is 327 g/mol. The number of hydrogen-bond acceptors (Lipinski definition) is 4. The summed E-state index contributed by atoms with van der Waals surface area (Å²) in [7, 11) is 0. The van der Waals surface area contributed by atoms with Gasteiger partial charge in [-0.25, -0.2) is 9.07 Å². The predicted molar refractivity (Wildman–Crippen MR) is 87.9 cm³/mol. The Labute approximate surface area is 134 Å². The van der Waals surface area contributed by atoms with E-state index in [9.17, 15) is 4.39 Å². The van der Waals surface area contributed by atoms with Gasteiger partial charge in [-0.1, -0.05) is 11.3 Å². The molecule has 4 rings (SSSR count). The van der Waals surface area contributed by atoms with Gasteiger partial charge in [0.25, 0.3) is 0 Å². The summed E-state index contributed by atoms with van der Waals surface area (Å²) in [5.74, 6) is -0.255. The standard InChI is InChI=1S/C16H10FN3S2/c17-12-5-3-11(4-6-12)13-10-20(19-18-13)16-8-7-15(22-16)14-2-1-9-21-14/h1-10H. The summed E-state index contributed by atoms with van der Waals surface area (Å²) in [6.07, 6.45) is 1.86. The predicted octanol–water partition coefficient (Wildman–Crippen LogP) is 4.86. The second-order valence-corrected chi connectivity index (χ2v) is 6.68. The second-order valence-electron chi connectivity index (χ2n) is 4.67. The van der Waals surface area contributed by atoms with Gasteiger partial charge >= 0.3 is 0 Å². The zero-order valence-electron chi connectivity index (χ0n) is 11.3. The van der Waals surface area contributed by atoms with Gasteiger partial charge in [-0.05, 0) is 47.8 Å². The van der Waals surface area contributed by atoms with Crippen LogP contribution >= 0.6 is 22.7 Å². The van der Waals surface area contributed by atoms with Crippen molar-refractivity contribution in [1.82, 2.24) is 15.0 Å². The van der Waals surface area contributed by atoms with Gasteiger partial charge in [0.15, 0.2) is 0 Å². The van der Waals surface area contributed by atoms with Crippen LogP contribution in [0.25, 0.3) is 26.0 Å². The molecule has 0 saturated carbocycles. The van der Waals surface area contributed by atoms with Crippen molar-refractivity contribution in [2.75, 3.05) is 0 Å². The maximum Gasteiger partial charge on any atom is 0.123 e. The van der Waals surface area contributed by atoms with Crippen molar-refractivity contribution >= 4 is 22.7 Å². The van der Waals surface area contributed by atoms with Gasteiger partial charge in [0.1, 0.15) is 16.5 Å². The molecule has 0 atom stereocenters. The van der Waals surface area contributed by atoms with Gasteiger partial charge in [-0.15, -0.1) is 27.8 Å². The van der Waals surface area contributed by atoms with Gasteiger partial charge in [0.05, 0.1) is 6.20 Å². The van der Waals surface area contributed by atoms with E-state index in [1.54, 1.807) is 39.5 Å². The minimum Gasteiger partial charge on any atom is -0.210 e. The normalized spacial score (nSPS) is 11.0. The van der Waals surface area contributed by atoms with Crippen molar-refractivity contribution in [3.05, 3.63) is 65.9 Å². The smallest absolute Gasteiger partial charge is 0.123 e. The Morgan fingerprint density at radius 1 is 0.955 bits per heavy atom. The molecule has 0 saturated heterocycles. The molecular weight excluding hydrogens is 317 g/mol. The van der Waals surface area contributed by atoms with E-state index < -0.39 is 0 Å². The maximum absolute atomic E-state index is 13.0. The minimum atomic E-state index is -0.255. The van der Waals surface area contributed by atoms with Crippen LogP contribution in [0.2, 0.25) is 0 Å². The number of benzene rings is 1. The summed E-state index contributed by atoms with van der Waals surface area (Å²) in [5.41, 5.74) is 1.58.